The highest BCUT2D eigenvalue weighted by Crippen LogP contribution is 2.50. The topological polar surface area (TPSA) is 66.5 Å². The molecule has 1 aliphatic rings. The van der Waals surface area contributed by atoms with Gasteiger partial charge in [0.2, 0.25) is 0 Å². The molecule has 0 saturated heterocycles. The molecule has 1 aromatic rings. The maximum Gasteiger partial charge on any atom is 0.164 e. The monoisotopic (exact) mass is 289 g/mol. The van der Waals surface area contributed by atoms with Gasteiger partial charge in [-0.3, -0.25) is 0 Å². The zero-order chi connectivity index (χ0) is 11.9. The van der Waals surface area contributed by atoms with Gasteiger partial charge in [0.25, 0.3) is 0 Å². The van der Waals surface area contributed by atoms with Crippen LogP contribution in [-0.4, -0.2) is 16.8 Å². The fourth-order valence-electron chi connectivity index (χ4n) is 2.25. The van der Waals surface area contributed by atoms with Gasteiger partial charge in [-0.2, -0.15) is 0 Å². The Morgan fingerprint density at radius 3 is 2.50 bits per heavy atom. The number of benzene rings is 1. The van der Waals surface area contributed by atoms with Gasteiger partial charge in [-0.25, -0.2) is 4.39 Å². The molecule has 0 radical (unpaired) electrons. The van der Waals surface area contributed by atoms with Crippen molar-refractivity contribution in [2.24, 2.45) is 5.73 Å². The molecule has 2 rings (SSSR count). The van der Waals surface area contributed by atoms with E-state index in [1.165, 1.54) is 0 Å². The zero-order valence-corrected chi connectivity index (χ0v) is 10.2. The van der Waals surface area contributed by atoms with Gasteiger partial charge in [0.1, 0.15) is 5.82 Å². The molecule has 5 heteroatoms. The first kappa shape index (κ1) is 11.7. The summed E-state index contributed by atoms with van der Waals surface area (Å²) in [5.74, 6) is -1.23. The van der Waals surface area contributed by atoms with E-state index in [1.54, 1.807) is 0 Å². The Balaban J connectivity index is 2.63. The van der Waals surface area contributed by atoms with Gasteiger partial charge >= 0.3 is 0 Å². The van der Waals surface area contributed by atoms with Crippen molar-refractivity contribution in [2.75, 3.05) is 6.54 Å². The van der Waals surface area contributed by atoms with Crippen LogP contribution in [0.15, 0.2) is 10.5 Å². The lowest BCUT2D eigenvalue weighted by Gasteiger charge is -2.42. The summed E-state index contributed by atoms with van der Waals surface area (Å²) in [6.45, 7) is 0.271. The quantitative estimate of drug-likeness (QED) is 0.733. The predicted octanol–water partition coefficient (Wildman–Crippen LogP) is 2.38. The van der Waals surface area contributed by atoms with Gasteiger partial charge in [-0.15, -0.1) is 0 Å². The molecule has 16 heavy (non-hydrogen) atoms. The first-order valence-electron chi connectivity index (χ1n) is 5.12. The highest BCUT2D eigenvalue weighted by atomic mass is 79.9. The summed E-state index contributed by atoms with van der Waals surface area (Å²) in [6.07, 6.45) is 2.44. The number of phenolic OH excluding ortho intramolecular Hbond substituents is 2. The number of rotatable bonds is 2. The third-order valence-electron chi connectivity index (χ3n) is 3.40. The maximum atomic E-state index is 14.0. The third kappa shape index (κ3) is 1.50. The average molecular weight is 290 g/mol. The summed E-state index contributed by atoms with van der Waals surface area (Å²) in [5, 5.41) is 19.3. The summed E-state index contributed by atoms with van der Waals surface area (Å²) in [6, 6.07) is 1.15. The standard InChI is InChI=1S/C11H13BrFNO2/c12-6-4-7(15)10(16)8(9(6)13)11(5-14)2-1-3-11/h4,15-16H,1-3,5,14H2. The van der Waals surface area contributed by atoms with Crippen molar-refractivity contribution in [2.45, 2.75) is 24.7 Å². The van der Waals surface area contributed by atoms with Gasteiger partial charge in [0.05, 0.1) is 4.47 Å². The number of hydrogen-bond donors (Lipinski definition) is 3. The molecule has 1 saturated carbocycles. The molecule has 1 aliphatic carbocycles. The molecular formula is C11H13BrFNO2. The molecule has 0 heterocycles. The minimum absolute atomic E-state index is 0.146. The second-order valence-corrected chi connectivity index (χ2v) is 5.11. The molecule has 1 fully saturated rings. The van der Waals surface area contributed by atoms with Gasteiger partial charge < -0.3 is 15.9 Å². The summed E-state index contributed by atoms with van der Waals surface area (Å²) in [5.41, 5.74) is 5.29. The highest BCUT2D eigenvalue weighted by Gasteiger charge is 2.42. The zero-order valence-electron chi connectivity index (χ0n) is 8.63. The largest absolute Gasteiger partial charge is 0.504 e. The second-order valence-electron chi connectivity index (χ2n) is 4.25. The first-order chi connectivity index (χ1) is 7.52. The van der Waals surface area contributed by atoms with Crippen LogP contribution in [0.1, 0.15) is 24.8 Å². The van der Waals surface area contributed by atoms with Crippen LogP contribution in [0.2, 0.25) is 0 Å². The smallest absolute Gasteiger partial charge is 0.164 e. The Bertz CT molecular complexity index is 401. The van der Waals surface area contributed by atoms with Crippen LogP contribution in [0.5, 0.6) is 11.5 Å². The fraction of sp³-hybridized carbons (Fsp3) is 0.455. The van der Waals surface area contributed by atoms with Crippen molar-refractivity contribution in [1.82, 2.24) is 0 Å². The lowest BCUT2D eigenvalue weighted by Crippen LogP contribution is -2.42. The molecule has 4 N–H and O–H groups in total. The Morgan fingerprint density at radius 2 is 2.06 bits per heavy atom. The highest BCUT2D eigenvalue weighted by molar-refractivity contribution is 9.10. The molecule has 0 unspecified atom stereocenters. The predicted molar refractivity (Wildman–Crippen MR) is 62.0 cm³/mol. The minimum Gasteiger partial charge on any atom is -0.504 e. The summed E-state index contributed by atoms with van der Waals surface area (Å²) in [4.78, 5) is 0. The van der Waals surface area contributed by atoms with Crippen molar-refractivity contribution in [3.63, 3.8) is 0 Å². The lowest BCUT2D eigenvalue weighted by atomic mass is 9.64. The normalized spacial score (nSPS) is 18.2. The van der Waals surface area contributed by atoms with Crippen LogP contribution in [0, 0.1) is 5.82 Å². The Kier molecular flexibility index (Phi) is 2.84. The molecule has 0 bridgehead atoms. The van der Waals surface area contributed by atoms with Gasteiger partial charge in [-0.05, 0) is 28.8 Å². The average Bonchev–Trinajstić information content (AvgIpc) is 2.19. The summed E-state index contributed by atoms with van der Waals surface area (Å²) < 4.78 is 14.1. The van der Waals surface area contributed by atoms with E-state index in [0.29, 0.717) is 0 Å². The van der Waals surface area contributed by atoms with Crippen molar-refractivity contribution >= 4 is 15.9 Å². The number of halogens is 2. The minimum atomic E-state index is -0.527. The van der Waals surface area contributed by atoms with Crippen LogP contribution in [0.3, 0.4) is 0 Å². The van der Waals surface area contributed by atoms with E-state index in [1.807, 2.05) is 0 Å². The van der Waals surface area contributed by atoms with Crippen LogP contribution in [0.4, 0.5) is 4.39 Å². The first-order valence-corrected chi connectivity index (χ1v) is 5.91. The molecule has 88 valence electrons. The van der Waals surface area contributed by atoms with Gasteiger partial charge in [-0.1, -0.05) is 6.42 Å². The van der Waals surface area contributed by atoms with Crippen LogP contribution >= 0.6 is 15.9 Å². The Hall–Kier alpha value is -0.810. The molecule has 1 aromatic carbocycles. The molecule has 3 nitrogen and oxygen atoms in total. The molecule has 0 atom stereocenters. The van der Waals surface area contributed by atoms with E-state index in [2.05, 4.69) is 15.9 Å². The van der Waals surface area contributed by atoms with E-state index >= 15 is 0 Å². The Labute approximate surface area is 101 Å². The fourth-order valence-corrected chi connectivity index (χ4v) is 2.66. The van der Waals surface area contributed by atoms with E-state index < -0.39 is 11.2 Å². The molecular weight excluding hydrogens is 277 g/mol. The third-order valence-corrected chi connectivity index (χ3v) is 3.98. The van der Waals surface area contributed by atoms with Gasteiger partial charge in [0, 0.05) is 23.6 Å². The molecule has 0 aliphatic heterocycles. The van der Waals surface area contributed by atoms with E-state index in [-0.39, 0.29) is 28.1 Å². The number of nitrogens with two attached hydrogens (primary N) is 1. The number of aromatic hydroxyl groups is 2. The van der Waals surface area contributed by atoms with E-state index in [4.69, 9.17) is 5.73 Å². The van der Waals surface area contributed by atoms with Crippen molar-refractivity contribution < 1.29 is 14.6 Å². The van der Waals surface area contributed by atoms with E-state index in [9.17, 15) is 14.6 Å². The van der Waals surface area contributed by atoms with Gasteiger partial charge in [0.15, 0.2) is 11.5 Å². The van der Waals surface area contributed by atoms with Crippen LogP contribution in [-0.2, 0) is 5.41 Å². The molecule has 0 spiro atoms. The van der Waals surface area contributed by atoms with Crippen molar-refractivity contribution in [3.05, 3.63) is 21.9 Å². The van der Waals surface area contributed by atoms with E-state index in [0.717, 1.165) is 25.3 Å². The molecule has 0 aromatic heterocycles. The molecule has 0 amide bonds. The lowest BCUT2D eigenvalue weighted by molar-refractivity contribution is 0.233. The van der Waals surface area contributed by atoms with Crippen molar-refractivity contribution in [3.8, 4) is 11.5 Å². The van der Waals surface area contributed by atoms with Crippen LogP contribution in [0.25, 0.3) is 0 Å². The summed E-state index contributed by atoms with van der Waals surface area (Å²) in [7, 11) is 0. The summed E-state index contributed by atoms with van der Waals surface area (Å²) >= 11 is 3.02. The second kappa shape index (κ2) is 3.89. The van der Waals surface area contributed by atoms with Crippen LogP contribution < -0.4 is 5.73 Å². The number of phenols is 2. The van der Waals surface area contributed by atoms with Crippen molar-refractivity contribution in [1.29, 1.82) is 0 Å². The maximum absolute atomic E-state index is 14.0. The number of hydrogen-bond acceptors (Lipinski definition) is 3. The SMILES string of the molecule is NCC1(c2c(O)c(O)cc(Br)c2F)CCC1. The Morgan fingerprint density at radius 1 is 1.44 bits per heavy atom.